The minimum Gasteiger partial charge on any atom is -0.542 e. The van der Waals surface area contributed by atoms with E-state index in [2.05, 4.69) is 5.32 Å². The van der Waals surface area contributed by atoms with E-state index in [1.54, 1.807) is 0 Å². The number of ether oxygens (including phenoxy) is 2. The standard InChI is InChI=1S/C14H21NO11/c1-5(18)15-6(3-16)12(10(21)8(20)4-17)26-14-11(22)7(19)2-9(25-14)13(23)24/h2-3,6-8,10-12,14,17,19-22H,4H2,1H3,(H,15,18)(H,23,24)/p-1/t6-,7-,8+,10-,11+,12+,14-/m0/s1. The van der Waals surface area contributed by atoms with Gasteiger partial charge in [0.1, 0.15) is 54.6 Å². The van der Waals surface area contributed by atoms with E-state index in [1.807, 2.05) is 0 Å². The molecular weight excluding hydrogens is 358 g/mol. The summed E-state index contributed by atoms with van der Waals surface area (Å²) < 4.78 is 9.97. The molecule has 0 spiro atoms. The monoisotopic (exact) mass is 378 g/mol. The first-order valence-corrected chi connectivity index (χ1v) is 7.43. The van der Waals surface area contributed by atoms with E-state index in [-0.39, 0.29) is 6.29 Å². The van der Waals surface area contributed by atoms with Gasteiger partial charge in [-0.15, -0.1) is 0 Å². The maximum Gasteiger partial charge on any atom is 0.229 e. The predicted octanol–water partition coefficient (Wildman–Crippen LogP) is -5.50. The SMILES string of the molecule is CC(=O)N[C@@H](C=O)[C@@H](O[C@@H]1OC(C(=O)[O-])=C[C@H](O)[C@H]1O)[C@@H](O)[C@H](O)CO. The summed E-state index contributed by atoms with van der Waals surface area (Å²) in [5, 5.41) is 61.1. The Morgan fingerprint density at radius 2 is 2.04 bits per heavy atom. The van der Waals surface area contributed by atoms with Gasteiger partial charge in [-0.1, -0.05) is 0 Å². The fourth-order valence-corrected chi connectivity index (χ4v) is 2.16. The quantitative estimate of drug-likeness (QED) is 0.209. The van der Waals surface area contributed by atoms with Gasteiger partial charge in [0.15, 0.2) is 0 Å². The van der Waals surface area contributed by atoms with Gasteiger partial charge in [0.25, 0.3) is 0 Å². The number of hydrogen-bond acceptors (Lipinski definition) is 11. The van der Waals surface area contributed by atoms with E-state index in [4.69, 9.17) is 14.6 Å². The average Bonchev–Trinajstić information content (AvgIpc) is 2.59. The molecule has 1 rings (SSSR count). The van der Waals surface area contributed by atoms with Crippen LogP contribution in [0.25, 0.3) is 0 Å². The van der Waals surface area contributed by atoms with Crippen molar-refractivity contribution in [3.05, 3.63) is 11.8 Å². The minimum absolute atomic E-state index is 0.153. The van der Waals surface area contributed by atoms with Gasteiger partial charge in [-0.2, -0.15) is 0 Å². The summed E-state index contributed by atoms with van der Waals surface area (Å²) in [6.45, 7) is 0.114. The number of carbonyl (C=O) groups is 3. The van der Waals surface area contributed by atoms with Gasteiger partial charge in [-0.25, -0.2) is 0 Å². The minimum atomic E-state index is -1.95. The third-order valence-corrected chi connectivity index (χ3v) is 3.47. The molecule has 0 aliphatic carbocycles. The van der Waals surface area contributed by atoms with E-state index >= 15 is 0 Å². The van der Waals surface area contributed by atoms with Crippen molar-refractivity contribution in [3.63, 3.8) is 0 Å². The molecule has 0 saturated carbocycles. The number of aliphatic hydroxyl groups excluding tert-OH is 5. The molecule has 0 aromatic rings. The van der Waals surface area contributed by atoms with Crippen molar-refractivity contribution < 1.29 is 54.5 Å². The van der Waals surface area contributed by atoms with Gasteiger partial charge >= 0.3 is 0 Å². The molecule has 0 unspecified atom stereocenters. The topological polar surface area (TPSA) is 206 Å². The van der Waals surface area contributed by atoms with Gasteiger partial charge in [-0.3, -0.25) is 4.79 Å². The van der Waals surface area contributed by atoms with E-state index in [1.165, 1.54) is 0 Å². The van der Waals surface area contributed by atoms with Gasteiger partial charge in [0, 0.05) is 6.92 Å². The molecule has 12 heteroatoms. The van der Waals surface area contributed by atoms with Crippen LogP contribution in [0.1, 0.15) is 6.92 Å². The molecule has 12 nitrogen and oxygen atoms in total. The number of amides is 1. The Hall–Kier alpha value is -2.09. The summed E-state index contributed by atoms with van der Waals surface area (Å²) in [6.07, 6.45) is -10.2. The second kappa shape index (κ2) is 9.56. The second-order valence-electron chi connectivity index (χ2n) is 5.49. The van der Waals surface area contributed by atoms with Crippen LogP contribution in [-0.4, -0.2) is 93.2 Å². The summed E-state index contributed by atoms with van der Waals surface area (Å²) in [7, 11) is 0. The summed E-state index contributed by atoms with van der Waals surface area (Å²) in [4.78, 5) is 33.3. The fourth-order valence-electron chi connectivity index (χ4n) is 2.16. The summed E-state index contributed by atoms with van der Waals surface area (Å²) >= 11 is 0. The zero-order chi connectivity index (χ0) is 20.0. The van der Waals surface area contributed by atoms with Crippen molar-refractivity contribution in [2.75, 3.05) is 6.61 Å². The lowest BCUT2D eigenvalue weighted by Crippen LogP contribution is -2.58. The molecule has 0 radical (unpaired) electrons. The highest BCUT2D eigenvalue weighted by atomic mass is 16.7. The lowest BCUT2D eigenvalue weighted by molar-refractivity contribution is -0.311. The van der Waals surface area contributed by atoms with Crippen molar-refractivity contribution >= 4 is 18.2 Å². The van der Waals surface area contributed by atoms with Crippen molar-refractivity contribution in [1.82, 2.24) is 5.32 Å². The van der Waals surface area contributed by atoms with E-state index in [9.17, 15) is 39.9 Å². The molecule has 1 amide bonds. The highest BCUT2D eigenvalue weighted by Crippen LogP contribution is 2.22. The Kier molecular flexibility index (Phi) is 8.08. The van der Waals surface area contributed by atoms with Crippen molar-refractivity contribution in [2.45, 2.75) is 49.8 Å². The molecule has 7 atom stereocenters. The number of rotatable bonds is 9. The third kappa shape index (κ3) is 5.45. The predicted molar refractivity (Wildman–Crippen MR) is 77.6 cm³/mol. The molecule has 0 aromatic heterocycles. The molecule has 26 heavy (non-hydrogen) atoms. The number of aliphatic carboxylic acids is 1. The van der Waals surface area contributed by atoms with Crippen molar-refractivity contribution in [2.24, 2.45) is 0 Å². The Labute approximate surface area is 147 Å². The number of carboxylic acids is 1. The summed E-state index contributed by atoms with van der Waals surface area (Å²) in [5.41, 5.74) is 0. The molecule has 0 bridgehead atoms. The number of aliphatic hydroxyl groups is 5. The first-order valence-electron chi connectivity index (χ1n) is 7.43. The lowest BCUT2D eigenvalue weighted by atomic mass is 10.0. The normalized spacial score (nSPS) is 27.3. The Morgan fingerprint density at radius 1 is 1.42 bits per heavy atom. The van der Waals surface area contributed by atoms with Crippen LogP contribution in [0.2, 0.25) is 0 Å². The van der Waals surface area contributed by atoms with Crippen molar-refractivity contribution in [3.8, 4) is 0 Å². The maximum absolute atomic E-state index is 11.2. The molecule has 0 aromatic carbocycles. The second-order valence-corrected chi connectivity index (χ2v) is 5.49. The molecule has 0 fully saturated rings. The number of carboxylic acid groups (broad SMARTS) is 1. The Bertz CT molecular complexity index is 551. The highest BCUT2D eigenvalue weighted by Gasteiger charge is 2.41. The van der Waals surface area contributed by atoms with Gasteiger partial charge in [0.2, 0.25) is 12.2 Å². The highest BCUT2D eigenvalue weighted by molar-refractivity contribution is 5.82. The van der Waals surface area contributed by atoms with Crippen LogP contribution in [0.5, 0.6) is 0 Å². The van der Waals surface area contributed by atoms with Crippen LogP contribution >= 0.6 is 0 Å². The molecule has 1 aliphatic rings. The summed E-state index contributed by atoms with van der Waals surface area (Å²) in [6, 6.07) is -1.56. The first-order chi connectivity index (χ1) is 12.1. The van der Waals surface area contributed by atoms with Gasteiger partial charge in [0.05, 0.1) is 6.61 Å². The van der Waals surface area contributed by atoms with Crippen LogP contribution in [0.4, 0.5) is 0 Å². The number of aldehydes is 1. The Morgan fingerprint density at radius 3 is 2.50 bits per heavy atom. The number of hydrogen-bond donors (Lipinski definition) is 6. The van der Waals surface area contributed by atoms with Crippen LogP contribution in [0, 0.1) is 0 Å². The van der Waals surface area contributed by atoms with Crippen LogP contribution in [0.15, 0.2) is 11.8 Å². The Balaban J connectivity index is 3.10. The smallest absolute Gasteiger partial charge is 0.229 e. The molecule has 0 saturated heterocycles. The van der Waals surface area contributed by atoms with Crippen LogP contribution in [0.3, 0.4) is 0 Å². The fraction of sp³-hybridized carbons (Fsp3) is 0.643. The van der Waals surface area contributed by atoms with E-state index in [0.717, 1.165) is 6.92 Å². The van der Waals surface area contributed by atoms with Crippen LogP contribution < -0.4 is 10.4 Å². The zero-order valence-electron chi connectivity index (χ0n) is 13.6. The number of carbonyl (C=O) groups excluding carboxylic acids is 3. The number of nitrogens with one attached hydrogen (secondary N) is 1. The van der Waals surface area contributed by atoms with Gasteiger partial charge < -0.3 is 55.0 Å². The van der Waals surface area contributed by atoms with E-state index < -0.39 is 67.1 Å². The molecule has 1 aliphatic heterocycles. The third-order valence-electron chi connectivity index (χ3n) is 3.47. The van der Waals surface area contributed by atoms with Crippen molar-refractivity contribution in [1.29, 1.82) is 0 Å². The molecule has 1 heterocycles. The lowest BCUT2D eigenvalue weighted by Gasteiger charge is -2.37. The zero-order valence-corrected chi connectivity index (χ0v) is 13.6. The largest absolute Gasteiger partial charge is 0.542 e. The summed E-state index contributed by atoms with van der Waals surface area (Å²) in [5.74, 6) is -3.40. The van der Waals surface area contributed by atoms with E-state index in [0.29, 0.717) is 6.08 Å². The van der Waals surface area contributed by atoms with Crippen LogP contribution in [-0.2, 0) is 23.9 Å². The first kappa shape index (κ1) is 22.0. The average molecular weight is 378 g/mol. The molecule has 148 valence electrons. The maximum atomic E-state index is 11.2. The van der Waals surface area contributed by atoms with Gasteiger partial charge in [-0.05, 0) is 6.08 Å². The molecule has 6 N–H and O–H groups in total. The molecular formula is C14H20NO11-.